The molecule has 35 heavy (non-hydrogen) atoms. The van der Waals surface area contributed by atoms with E-state index in [1.54, 1.807) is 0 Å². The van der Waals surface area contributed by atoms with Gasteiger partial charge >= 0.3 is 16.1 Å². The molecule has 2 aromatic carbocycles. The first-order valence-corrected chi connectivity index (χ1v) is 9.32. The molecule has 0 aromatic heterocycles. The first-order valence-electron chi connectivity index (χ1n) is 7.88. The zero-order valence-corrected chi connectivity index (χ0v) is 16.9. The van der Waals surface area contributed by atoms with E-state index in [1.165, 1.54) is 0 Å². The quantitative estimate of drug-likeness (QED) is 0.150. The normalized spacial score (nSPS) is 10.3. The average Bonchev–Trinajstić information content (AvgIpc) is 2.77. The number of hydrogen-bond acceptors (Lipinski definition) is 5. The third-order valence-corrected chi connectivity index (χ3v) is 4.01. The van der Waals surface area contributed by atoms with Gasteiger partial charge in [0.05, 0.1) is 0 Å². The molecule has 7 nitrogen and oxygen atoms in total. The molecule has 0 heterocycles. The molecule has 4 N–H and O–H groups in total. The molecule has 0 bridgehead atoms. The van der Waals surface area contributed by atoms with Crippen molar-refractivity contribution < 1.29 is 77.0 Å². The summed E-state index contributed by atoms with van der Waals surface area (Å²) >= 11 is 0. The van der Waals surface area contributed by atoms with Crippen LogP contribution in [0.1, 0.15) is 10.4 Å². The lowest BCUT2D eigenvalue weighted by molar-refractivity contribution is 0.0682. The van der Waals surface area contributed by atoms with Crippen molar-refractivity contribution >= 4 is 16.1 Å². The van der Waals surface area contributed by atoms with Gasteiger partial charge in [-0.25, -0.2) is 48.7 Å². The molecule has 0 aliphatic carbocycles. The van der Waals surface area contributed by atoms with Crippen LogP contribution in [0.25, 0.3) is 0 Å². The van der Waals surface area contributed by atoms with Crippen LogP contribution < -0.4 is 0 Å². The van der Waals surface area contributed by atoms with Gasteiger partial charge < -0.3 is 15.3 Å². The molecule has 0 spiro atoms. The van der Waals surface area contributed by atoms with Gasteiger partial charge in [-0.3, -0.25) is 4.55 Å². The number of benzene rings is 2. The molecule has 0 unspecified atom stereocenters. The van der Waals surface area contributed by atoms with Gasteiger partial charge in [0.1, 0.15) is 18.8 Å². The van der Waals surface area contributed by atoms with Crippen molar-refractivity contribution in [3.63, 3.8) is 0 Å². The highest BCUT2D eigenvalue weighted by Gasteiger charge is 2.32. The van der Waals surface area contributed by atoms with Gasteiger partial charge in [0, 0.05) is 0 Å². The Morgan fingerprint density at radius 2 is 0.857 bits per heavy atom. The van der Waals surface area contributed by atoms with E-state index in [0.29, 0.717) is 0 Å². The third-order valence-electron chi connectivity index (χ3n) is 3.13. The number of hydrogen-bond donors (Lipinski definition) is 4. The van der Waals surface area contributed by atoms with E-state index >= 15 is 0 Å². The number of rotatable bonds is 2. The smallest absolute Gasteiger partial charge is 0.341 e. The minimum atomic E-state index is -5.52. The average molecular weight is 546 g/mol. The van der Waals surface area contributed by atoms with Gasteiger partial charge in [-0.1, -0.05) is 11.8 Å². The van der Waals surface area contributed by atoms with Gasteiger partial charge in [-0.2, -0.15) is 8.42 Å². The van der Waals surface area contributed by atoms with Gasteiger partial charge in [0.15, 0.2) is 51.4 Å². The van der Waals surface area contributed by atoms with Crippen LogP contribution in [0.4, 0.5) is 43.9 Å². The summed E-state index contributed by atoms with van der Waals surface area (Å²) in [5.41, 5.74) is -1.86. The van der Waals surface area contributed by atoms with Crippen molar-refractivity contribution in [3.8, 4) is 11.8 Å². The summed E-state index contributed by atoms with van der Waals surface area (Å²) in [5.74, 6) is -22.0. The predicted octanol–water partition coefficient (Wildman–Crippen LogP) is 2.68. The van der Waals surface area contributed by atoms with Crippen molar-refractivity contribution in [2.24, 2.45) is 0 Å². The molecule has 18 heteroatoms. The highest BCUT2D eigenvalue weighted by molar-refractivity contribution is 7.85. The molecule has 2 rings (SSSR count). The monoisotopic (exact) mass is 546 g/mol. The van der Waals surface area contributed by atoms with E-state index in [-0.39, 0.29) is 13.2 Å². The molecule has 0 amide bonds. The second-order valence-electron chi connectivity index (χ2n) is 5.29. The van der Waals surface area contributed by atoms with Gasteiger partial charge in [-0.05, 0) is 0 Å². The standard InChI is InChI=1S/C7HF5O2.C6HF5O3S.C4H6O2/c8-2-1(7(13)14)3(9)5(11)6(12)4(2)10;7-1-2(8)4(10)6(15(12,13)14)5(11)3(1)9;5-3-1-2-4-6/h(H,13,14);(H,12,13,14);5-6H,3-4H2. The number of aliphatic hydroxyl groups is 2. The van der Waals surface area contributed by atoms with Gasteiger partial charge in [0.25, 0.3) is 0 Å². The molecule has 194 valence electrons. The maximum Gasteiger partial charge on any atom is 0.341 e. The highest BCUT2D eigenvalue weighted by Crippen LogP contribution is 2.26. The first-order chi connectivity index (χ1) is 16.0. The molecule has 0 atom stereocenters. The van der Waals surface area contributed by atoms with Crippen molar-refractivity contribution in [2.75, 3.05) is 13.2 Å². The fraction of sp³-hybridized carbons (Fsp3) is 0.118. The van der Waals surface area contributed by atoms with E-state index in [4.69, 9.17) is 19.9 Å². The minimum absolute atomic E-state index is 0.166. The minimum Gasteiger partial charge on any atom is -0.477 e. The largest absolute Gasteiger partial charge is 0.477 e. The van der Waals surface area contributed by atoms with Crippen molar-refractivity contribution in [3.05, 3.63) is 63.7 Å². The van der Waals surface area contributed by atoms with Gasteiger partial charge in [0.2, 0.25) is 11.6 Å². The van der Waals surface area contributed by atoms with E-state index in [0.717, 1.165) is 0 Å². The summed E-state index contributed by atoms with van der Waals surface area (Å²) in [6, 6.07) is 0. The molecule has 0 fully saturated rings. The summed E-state index contributed by atoms with van der Waals surface area (Å²) in [5, 5.41) is 24.0. The van der Waals surface area contributed by atoms with Crippen LogP contribution in [-0.2, 0) is 10.1 Å². The zero-order chi connectivity index (χ0) is 27.8. The fourth-order valence-corrected chi connectivity index (χ4v) is 2.35. The number of carboxylic acid groups (broad SMARTS) is 1. The summed E-state index contributed by atoms with van der Waals surface area (Å²) < 4.78 is 153. The summed E-state index contributed by atoms with van der Waals surface area (Å²) in [6.45, 7) is -0.332. The summed E-state index contributed by atoms with van der Waals surface area (Å²) in [4.78, 5) is 7.86. The molecule has 0 saturated carbocycles. The number of halogens is 10. The second-order valence-corrected chi connectivity index (χ2v) is 6.65. The third kappa shape index (κ3) is 7.54. The SMILES string of the molecule is O=C(O)c1c(F)c(F)c(F)c(F)c1F.O=S(=O)(O)c1c(F)c(F)c(F)c(F)c1F.OCC#CCO. The highest BCUT2D eigenvalue weighted by atomic mass is 32.2. The predicted molar refractivity (Wildman–Crippen MR) is 91.2 cm³/mol. The molecule has 0 radical (unpaired) electrons. The lowest BCUT2D eigenvalue weighted by Gasteiger charge is -2.04. The van der Waals surface area contributed by atoms with Crippen molar-refractivity contribution in [2.45, 2.75) is 4.90 Å². The number of aromatic carboxylic acids is 1. The number of carbonyl (C=O) groups is 1. The van der Waals surface area contributed by atoms with Crippen LogP contribution in [0.2, 0.25) is 0 Å². The Morgan fingerprint density at radius 1 is 0.600 bits per heavy atom. The molecule has 0 aliphatic heterocycles. The van der Waals surface area contributed by atoms with Crippen LogP contribution in [0.15, 0.2) is 4.90 Å². The van der Waals surface area contributed by atoms with E-state index < -0.39 is 84.7 Å². The first kappa shape index (κ1) is 31.6. The van der Waals surface area contributed by atoms with Crippen molar-refractivity contribution in [1.29, 1.82) is 0 Å². The Kier molecular flexibility index (Phi) is 11.6. The van der Waals surface area contributed by atoms with E-state index in [9.17, 15) is 57.1 Å². The Morgan fingerprint density at radius 3 is 1.09 bits per heavy atom. The molecule has 2 aromatic rings. The molecular weight excluding hydrogens is 538 g/mol. The Balaban J connectivity index is 0.000000540. The van der Waals surface area contributed by atoms with Crippen LogP contribution in [-0.4, -0.2) is 47.5 Å². The Labute approximate surface area is 187 Å². The number of carboxylic acids is 1. The van der Waals surface area contributed by atoms with Crippen LogP contribution in [0.3, 0.4) is 0 Å². The lowest BCUT2D eigenvalue weighted by Crippen LogP contribution is -2.11. The summed E-state index contributed by atoms with van der Waals surface area (Å²) in [7, 11) is -5.52. The lowest BCUT2D eigenvalue weighted by atomic mass is 10.1. The topological polar surface area (TPSA) is 132 Å². The van der Waals surface area contributed by atoms with Gasteiger partial charge in [-0.15, -0.1) is 0 Å². The second kappa shape index (κ2) is 12.9. The van der Waals surface area contributed by atoms with Crippen LogP contribution in [0.5, 0.6) is 0 Å². The molecular formula is C17H8F10O7S. The van der Waals surface area contributed by atoms with Crippen LogP contribution >= 0.6 is 0 Å². The van der Waals surface area contributed by atoms with E-state index in [2.05, 4.69) is 11.8 Å². The molecule has 0 aliphatic rings. The Hall–Kier alpha value is -3.40. The van der Waals surface area contributed by atoms with Crippen LogP contribution in [0, 0.1) is 70.0 Å². The zero-order valence-electron chi connectivity index (χ0n) is 16.1. The maximum atomic E-state index is 12.6. The Bertz CT molecular complexity index is 1220. The fourth-order valence-electron chi connectivity index (χ4n) is 1.72. The summed E-state index contributed by atoms with van der Waals surface area (Å²) in [6.07, 6.45) is 0. The van der Waals surface area contributed by atoms with E-state index in [1.807, 2.05) is 0 Å². The van der Waals surface area contributed by atoms with Crippen molar-refractivity contribution in [1.82, 2.24) is 0 Å². The number of aliphatic hydroxyl groups excluding tert-OH is 2. The maximum absolute atomic E-state index is 12.6. The molecule has 0 saturated heterocycles.